The highest BCUT2D eigenvalue weighted by Crippen LogP contribution is 2.19. The number of hydrogen-bond acceptors (Lipinski definition) is 3. The van der Waals surface area contributed by atoms with Crippen LogP contribution in [0.1, 0.15) is 23.3 Å². The van der Waals surface area contributed by atoms with Gasteiger partial charge in [0.05, 0.1) is 0 Å². The van der Waals surface area contributed by atoms with Crippen molar-refractivity contribution >= 4 is 41.5 Å². The first-order chi connectivity index (χ1) is 9.25. The van der Waals surface area contributed by atoms with Gasteiger partial charge in [-0.2, -0.15) is 0 Å². The van der Waals surface area contributed by atoms with Crippen molar-refractivity contribution in [3.8, 4) is 0 Å². The molecule has 6 heteroatoms. The van der Waals surface area contributed by atoms with Gasteiger partial charge in [-0.05, 0) is 24.3 Å². The summed E-state index contributed by atoms with van der Waals surface area (Å²) < 4.78 is 0. The standard InChI is InChI=1S/C15H17N3O.2ClH/c16-12-5-3-9-18(10-12)15(19)14-13-6-2-1-4-11(13)7-8-17-14;;/h1-2,4,6-8,12H,3,5,9-10,16H2;2*1H/t12-;;/m1../s1. The van der Waals surface area contributed by atoms with E-state index in [1.165, 1.54) is 0 Å². The summed E-state index contributed by atoms with van der Waals surface area (Å²) in [6.45, 7) is 1.40. The maximum atomic E-state index is 12.6. The average Bonchev–Trinajstić information content (AvgIpc) is 2.46. The Morgan fingerprint density at radius 2 is 2.00 bits per heavy atom. The molecule has 1 aromatic carbocycles. The van der Waals surface area contributed by atoms with Crippen molar-refractivity contribution in [3.63, 3.8) is 0 Å². The van der Waals surface area contributed by atoms with E-state index < -0.39 is 0 Å². The molecule has 1 aliphatic heterocycles. The number of likely N-dealkylation sites (tertiary alicyclic amines) is 1. The third-order valence-corrected chi connectivity index (χ3v) is 3.62. The van der Waals surface area contributed by atoms with Gasteiger partial charge in [-0.15, -0.1) is 24.8 Å². The SMILES string of the molecule is Cl.Cl.N[C@@H]1CCCN(C(=O)c2nccc3ccccc23)C1. The second-order valence-corrected chi connectivity index (χ2v) is 5.03. The quantitative estimate of drug-likeness (QED) is 0.875. The van der Waals surface area contributed by atoms with E-state index >= 15 is 0 Å². The van der Waals surface area contributed by atoms with Crippen LogP contribution in [0.4, 0.5) is 0 Å². The molecule has 21 heavy (non-hydrogen) atoms. The number of carbonyl (C=O) groups excluding carboxylic acids is 1. The van der Waals surface area contributed by atoms with E-state index in [1.807, 2.05) is 35.2 Å². The highest BCUT2D eigenvalue weighted by atomic mass is 35.5. The Kier molecular flexibility index (Phi) is 6.40. The van der Waals surface area contributed by atoms with Crippen LogP contribution in [0.25, 0.3) is 10.8 Å². The molecule has 0 aliphatic carbocycles. The molecule has 3 rings (SSSR count). The number of nitrogens with zero attached hydrogens (tertiary/aromatic N) is 2. The number of carbonyl (C=O) groups is 1. The van der Waals surface area contributed by atoms with Crippen LogP contribution in [0.5, 0.6) is 0 Å². The van der Waals surface area contributed by atoms with Gasteiger partial charge in [0.15, 0.2) is 0 Å². The molecule has 2 N–H and O–H groups in total. The van der Waals surface area contributed by atoms with E-state index in [1.54, 1.807) is 6.20 Å². The van der Waals surface area contributed by atoms with E-state index in [0.29, 0.717) is 12.2 Å². The highest BCUT2D eigenvalue weighted by Gasteiger charge is 2.24. The highest BCUT2D eigenvalue weighted by molar-refractivity contribution is 6.05. The molecule has 114 valence electrons. The average molecular weight is 328 g/mol. The molecular weight excluding hydrogens is 309 g/mol. The first-order valence-electron chi connectivity index (χ1n) is 6.64. The van der Waals surface area contributed by atoms with Crippen LogP contribution in [-0.2, 0) is 0 Å². The summed E-state index contributed by atoms with van der Waals surface area (Å²) in [4.78, 5) is 18.7. The zero-order chi connectivity index (χ0) is 13.2. The zero-order valence-corrected chi connectivity index (χ0v) is 13.2. The van der Waals surface area contributed by atoms with Crippen molar-refractivity contribution in [2.45, 2.75) is 18.9 Å². The topological polar surface area (TPSA) is 59.2 Å². The number of nitrogens with two attached hydrogens (primary N) is 1. The van der Waals surface area contributed by atoms with Gasteiger partial charge in [-0.25, -0.2) is 0 Å². The minimum absolute atomic E-state index is 0. The second-order valence-electron chi connectivity index (χ2n) is 5.03. The van der Waals surface area contributed by atoms with Crippen LogP contribution in [0, 0.1) is 0 Å². The van der Waals surface area contributed by atoms with Gasteiger partial charge in [-0.1, -0.05) is 24.3 Å². The first kappa shape index (κ1) is 17.7. The molecule has 4 nitrogen and oxygen atoms in total. The largest absolute Gasteiger partial charge is 0.336 e. The summed E-state index contributed by atoms with van der Waals surface area (Å²) in [5.74, 6) is -0.00745. The van der Waals surface area contributed by atoms with Gasteiger partial charge >= 0.3 is 0 Å². The Bertz CT molecular complexity index is 615. The lowest BCUT2D eigenvalue weighted by Crippen LogP contribution is -2.45. The Balaban J connectivity index is 0.00000110. The van der Waals surface area contributed by atoms with Crippen molar-refractivity contribution in [3.05, 3.63) is 42.2 Å². The van der Waals surface area contributed by atoms with Crippen LogP contribution < -0.4 is 5.73 Å². The van der Waals surface area contributed by atoms with Crippen LogP contribution in [0.15, 0.2) is 36.5 Å². The van der Waals surface area contributed by atoms with E-state index in [-0.39, 0.29) is 36.8 Å². The van der Waals surface area contributed by atoms with Crippen molar-refractivity contribution in [2.24, 2.45) is 5.73 Å². The second kappa shape index (κ2) is 7.59. The van der Waals surface area contributed by atoms with Crippen molar-refractivity contribution in [1.29, 1.82) is 0 Å². The summed E-state index contributed by atoms with van der Waals surface area (Å²) in [6.07, 6.45) is 3.66. The number of benzene rings is 1. The Morgan fingerprint density at radius 1 is 1.24 bits per heavy atom. The van der Waals surface area contributed by atoms with Gasteiger partial charge in [0, 0.05) is 30.7 Å². The number of hydrogen-bond donors (Lipinski definition) is 1. The number of halogens is 2. The Hall–Kier alpha value is -1.36. The van der Waals surface area contributed by atoms with Crippen molar-refractivity contribution in [2.75, 3.05) is 13.1 Å². The number of amides is 1. The third kappa shape index (κ3) is 3.64. The molecule has 1 amide bonds. The molecular formula is C15H19Cl2N3O. The molecule has 0 radical (unpaired) electrons. The predicted octanol–water partition coefficient (Wildman–Crippen LogP) is 2.64. The normalized spacial score (nSPS) is 17.8. The molecule has 1 saturated heterocycles. The molecule has 0 saturated carbocycles. The number of piperidine rings is 1. The summed E-state index contributed by atoms with van der Waals surface area (Å²) in [7, 11) is 0. The van der Waals surface area contributed by atoms with Gasteiger partial charge in [0.2, 0.25) is 0 Å². The molecule has 0 unspecified atom stereocenters. The molecule has 1 fully saturated rings. The fourth-order valence-electron chi connectivity index (χ4n) is 2.63. The molecule has 1 aliphatic rings. The van der Waals surface area contributed by atoms with Gasteiger partial charge < -0.3 is 10.6 Å². The summed E-state index contributed by atoms with van der Waals surface area (Å²) in [5, 5.41) is 1.95. The fraction of sp³-hybridized carbons (Fsp3) is 0.333. The number of aromatic nitrogens is 1. The summed E-state index contributed by atoms with van der Waals surface area (Å²) >= 11 is 0. The van der Waals surface area contributed by atoms with Gasteiger partial charge in [0.25, 0.3) is 5.91 Å². The molecule has 2 aromatic rings. The lowest BCUT2D eigenvalue weighted by atomic mass is 10.0. The van der Waals surface area contributed by atoms with Crippen LogP contribution in [-0.4, -0.2) is 34.9 Å². The molecule has 0 spiro atoms. The van der Waals surface area contributed by atoms with Crippen LogP contribution >= 0.6 is 24.8 Å². The van der Waals surface area contributed by atoms with E-state index in [4.69, 9.17) is 5.73 Å². The van der Waals surface area contributed by atoms with Crippen LogP contribution in [0.3, 0.4) is 0 Å². The molecule has 1 atom stereocenters. The third-order valence-electron chi connectivity index (χ3n) is 3.62. The lowest BCUT2D eigenvalue weighted by Gasteiger charge is -2.30. The van der Waals surface area contributed by atoms with Gasteiger partial charge in [-0.3, -0.25) is 9.78 Å². The maximum Gasteiger partial charge on any atom is 0.273 e. The van der Waals surface area contributed by atoms with E-state index in [2.05, 4.69) is 4.98 Å². The number of fused-ring (bicyclic) bond motifs is 1. The molecule has 0 bridgehead atoms. The van der Waals surface area contributed by atoms with E-state index in [0.717, 1.165) is 30.2 Å². The van der Waals surface area contributed by atoms with Crippen LogP contribution in [0.2, 0.25) is 0 Å². The van der Waals surface area contributed by atoms with E-state index in [9.17, 15) is 4.79 Å². The number of pyridine rings is 1. The lowest BCUT2D eigenvalue weighted by molar-refractivity contribution is 0.0705. The Morgan fingerprint density at radius 3 is 2.76 bits per heavy atom. The smallest absolute Gasteiger partial charge is 0.273 e. The monoisotopic (exact) mass is 327 g/mol. The van der Waals surface area contributed by atoms with Crippen molar-refractivity contribution in [1.82, 2.24) is 9.88 Å². The summed E-state index contributed by atoms with van der Waals surface area (Å²) in [5.41, 5.74) is 6.47. The molecule has 1 aromatic heterocycles. The number of rotatable bonds is 1. The maximum absolute atomic E-state index is 12.6. The fourth-order valence-corrected chi connectivity index (χ4v) is 2.63. The molecule has 2 heterocycles. The minimum Gasteiger partial charge on any atom is -0.336 e. The van der Waals surface area contributed by atoms with Gasteiger partial charge in [0.1, 0.15) is 5.69 Å². The summed E-state index contributed by atoms with van der Waals surface area (Å²) in [6, 6.07) is 9.85. The Labute approximate surface area is 136 Å². The predicted molar refractivity (Wildman–Crippen MR) is 89.4 cm³/mol. The zero-order valence-electron chi connectivity index (χ0n) is 11.6. The first-order valence-corrected chi connectivity index (χ1v) is 6.64. The minimum atomic E-state index is -0.00745. The van der Waals surface area contributed by atoms with Crippen molar-refractivity contribution < 1.29 is 4.79 Å².